The van der Waals surface area contributed by atoms with Crippen LogP contribution in [0.3, 0.4) is 0 Å². The molecule has 1 fully saturated rings. The van der Waals surface area contributed by atoms with Crippen molar-refractivity contribution in [2.24, 2.45) is 0 Å². The minimum atomic E-state index is -0.0652. The van der Waals surface area contributed by atoms with Crippen molar-refractivity contribution in [1.82, 2.24) is 14.9 Å². The largest absolute Gasteiger partial charge is 0.496 e. The molecule has 1 aliphatic heterocycles. The van der Waals surface area contributed by atoms with Crippen molar-refractivity contribution in [3.63, 3.8) is 0 Å². The zero-order chi connectivity index (χ0) is 21.2. The maximum absolute atomic E-state index is 12.9. The van der Waals surface area contributed by atoms with Gasteiger partial charge in [-0.3, -0.25) is 9.69 Å². The van der Waals surface area contributed by atoms with Gasteiger partial charge >= 0.3 is 0 Å². The van der Waals surface area contributed by atoms with Gasteiger partial charge in [-0.2, -0.15) is 0 Å². The number of methoxy groups -OCH3 is 1. The molecule has 1 N–H and O–H groups in total. The van der Waals surface area contributed by atoms with E-state index in [1.165, 1.54) is 12.0 Å². The number of nitrogens with zero attached hydrogens (tertiary/aromatic N) is 2. The molecular formula is C24H23N3O4. The van der Waals surface area contributed by atoms with Gasteiger partial charge in [-0.15, -0.1) is 0 Å². The molecule has 1 saturated heterocycles. The third-order valence-corrected chi connectivity index (χ3v) is 5.62. The van der Waals surface area contributed by atoms with E-state index in [1.54, 1.807) is 25.4 Å². The van der Waals surface area contributed by atoms with Crippen molar-refractivity contribution in [2.45, 2.75) is 6.54 Å². The van der Waals surface area contributed by atoms with Crippen LogP contribution in [0.15, 0.2) is 64.3 Å². The minimum absolute atomic E-state index is 0.0652. The summed E-state index contributed by atoms with van der Waals surface area (Å²) in [6.45, 7) is 4.39. The minimum Gasteiger partial charge on any atom is -0.496 e. The first-order valence-electron chi connectivity index (χ1n) is 10.2. The van der Waals surface area contributed by atoms with Gasteiger partial charge in [0.1, 0.15) is 5.75 Å². The van der Waals surface area contributed by atoms with Crippen molar-refractivity contribution in [3.05, 3.63) is 70.8 Å². The van der Waals surface area contributed by atoms with Crippen LogP contribution in [-0.2, 0) is 11.3 Å². The molecule has 7 heteroatoms. The molecular weight excluding hydrogens is 394 g/mol. The molecule has 158 valence electrons. The van der Waals surface area contributed by atoms with Gasteiger partial charge in [0, 0.05) is 42.8 Å². The molecule has 4 aromatic rings. The first-order valence-corrected chi connectivity index (χ1v) is 10.2. The average molecular weight is 417 g/mol. The SMILES string of the molecule is COc1cc2[nH]c(-c3ccc(CN4CCOCC4)cc3)cc(=O)c2cc1-c1cnco1. The van der Waals surface area contributed by atoms with Crippen molar-refractivity contribution in [1.29, 1.82) is 0 Å². The van der Waals surface area contributed by atoms with Gasteiger partial charge < -0.3 is 18.9 Å². The Balaban J connectivity index is 1.47. The molecule has 0 aliphatic carbocycles. The van der Waals surface area contributed by atoms with E-state index in [0.717, 1.165) is 44.1 Å². The number of pyridine rings is 1. The number of ether oxygens (including phenoxy) is 2. The third-order valence-electron chi connectivity index (χ3n) is 5.62. The molecule has 5 rings (SSSR count). The third kappa shape index (κ3) is 3.97. The predicted octanol–water partition coefficient (Wildman–Crippen LogP) is 3.69. The Morgan fingerprint density at radius 2 is 1.94 bits per heavy atom. The molecule has 2 aromatic carbocycles. The fourth-order valence-corrected chi connectivity index (χ4v) is 3.95. The van der Waals surface area contributed by atoms with Crippen LogP contribution in [0.2, 0.25) is 0 Å². The van der Waals surface area contributed by atoms with Gasteiger partial charge in [-0.05, 0) is 17.2 Å². The van der Waals surface area contributed by atoms with E-state index in [-0.39, 0.29) is 5.43 Å². The number of fused-ring (bicyclic) bond motifs is 1. The molecule has 3 heterocycles. The molecule has 0 atom stereocenters. The average Bonchev–Trinajstić information content (AvgIpc) is 3.34. The Hall–Kier alpha value is -3.42. The highest BCUT2D eigenvalue weighted by Crippen LogP contribution is 2.33. The topological polar surface area (TPSA) is 80.6 Å². The van der Waals surface area contributed by atoms with Gasteiger partial charge in [0.2, 0.25) is 0 Å². The lowest BCUT2D eigenvalue weighted by Crippen LogP contribution is -2.35. The van der Waals surface area contributed by atoms with Crippen LogP contribution in [0.4, 0.5) is 0 Å². The number of nitrogens with one attached hydrogen (secondary N) is 1. The second-order valence-electron chi connectivity index (χ2n) is 7.60. The van der Waals surface area contributed by atoms with Crippen LogP contribution in [0.1, 0.15) is 5.56 Å². The maximum atomic E-state index is 12.9. The Labute approximate surface area is 179 Å². The number of rotatable bonds is 5. The molecule has 0 spiro atoms. The van der Waals surface area contributed by atoms with E-state index >= 15 is 0 Å². The number of hydrogen-bond donors (Lipinski definition) is 1. The lowest BCUT2D eigenvalue weighted by atomic mass is 10.0. The lowest BCUT2D eigenvalue weighted by molar-refractivity contribution is 0.0342. The molecule has 0 saturated carbocycles. The Morgan fingerprint density at radius 1 is 1.13 bits per heavy atom. The van der Waals surface area contributed by atoms with Gasteiger partial charge in [0.05, 0.1) is 37.6 Å². The fourth-order valence-electron chi connectivity index (χ4n) is 3.95. The van der Waals surface area contributed by atoms with Crippen molar-refractivity contribution in [3.8, 4) is 28.3 Å². The summed E-state index contributed by atoms with van der Waals surface area (Å²) in [4.78, 5) is 22.6. The number of oxazole rings is 1. The molecule has 0 amide bonds. The smallest absolute Gasteiger partial charge is 0.190 e. The second kappa shape index (κ2) is 8.37. The lowest BCUT2D eigenvalue weighted by Gasteiger charge is -2.26. The summed E-state index contributed by atoms with van der Waals surface area (Å²) < 4.78 is 16.3. The highest BCUT2D eigenvalue weighted by atomic mass is 16.5. The number of aromatic amines is 1. The van der Waals surface area contributed by atoms with E-state index in [9.17, 15) is 4.79 Å². The van der Waals surface area contributed by atoms with E-state index in [1.807, 2.05) is 18.2 Å². The zero-order valence-electron chi connectivity index (χ0n) is 17.3. The zero-order valence-corrected chi connectivity index (χ0v) is 17.3. The second-order valence-corrected chi connectivity index (χ2v) is 7.60. The van der Waals surface area contributed by atoms with Crippen LogP contribution < -0.4 is 10.2 Å². The van der Waals surface area contributed by atoms with Crippen LogP contribution in [0.5, 0.6) is 5.75 Å². The van der Waals surface area contributed by atoms with E-state index < -0.39 is 0 Å². The summed E-state index contributed by atoms with van der Waals surface area (Å²) in [6.07, 6.45) is 2.96. The first-order chi connectivity index (χ1) is 15.2. The quantitative estimate of drug-likeness (QED) is 0.533. The van der Waals surface area contributed by atoms with Crippen molar-refractivity contribution >= 4 is 10.9 Å². The van der Waals surface area contributed by atoms with Crippen molar-refractivity contribution in [2.75, 3.05) is 33.4 Å². The molecule has 7 nitrogen and oxygen atoms in total. The molecule has 0 bridgehead atoms. The van der Waals surface area contributed by atoms with Crippen molar-refractivity contribution < 1.29 is 13.9 Å². The van der Waals surface area contributed by atoms with Crippen LogP contribution in [0.25, 0.3) is 33.5 Å². The summed E-state index contributed by atoms with van der Waals surface area (Å²) >= 11 is 0. The van der Waals surface area contributed by atoms with E-state index in [2.05, 4.69) is 27.0 Å². The van der Waals surface area contributed by atoms with Crippen LogP contribution in [0, 0.1) is 0 Å². The maximum Gasteiger partial charge on any atom is 0.190 e. The monoisotopic (exact) mass is 417 g/mol. The Morgan fingerprint density at radius 3 is 2.65 bits per heavy atom. The molecule has 2 aromatic heterocycles. The first kappa shape index (κ1) is 19.5. The van der Waals surface area contributed by atoms with Gasteiger partial charge in [-0.1, -0.05) is 24.3 Å². The summed E-state index contributed by atoms with van der Waals surface area (Å²) in [7, 11) is 1.59. The number of H-pyrrole nitrogens is 1. The predicted molar refractivity (Wildman–Crippen MR) is 118 cm³/mol. The number of hydrogen-bond acceptors (Lipinski definition) is 6. The summed E-state index contributed by atoms with van der Waals surface area (Å²) in [6, 6.07) is 13.6. The normalized spacial score (nSPS) is 14.7. The summed E-state index contributed by atoms with van der Waals surface area (Å²) in [5.74, 6) is 1.16. The molecule has 31 heavy (non-hydrogen) atoms. The van der Waals surface area contributed by atoms with Crippen LogP contribution in [-0.4, -0.2) is 48.3 Å². The molecule has 0 radical (unpaired) electrons. The van der Waals surface area contributed by atoms with E-state index in [0.29, 0.717) is 28.0 Å². The Kier molecular flexibility index (Phi) is 5.28. The fraction of sp³-hybridized carbons (Fsp3) is 0.250. The summed E-state index contributed by atoms with van der Waals surface area (Å²) in [5.41, 5.74) is 4.31. The van der Waals surface area contributed by atoms with Gasteiger partial charge in [0.25, 0.3) is 0 Å². The Bertz CT molecular complexity index is 1240. The highest BCUT2D eigenvalue weighted by Gasteiger charge is 2.14. The summed E-state index contributed by atoms with van der Waals surface area (Å²) in [5, 5.41) is 0.569. The standard InChI is InChI=1S/C24H23N3O4/c1-29-23-12-21-18(10-19(23)24-13-25-15-31-24)22(28)11-20(26-21)17-4-2-16(3-5-17)14-27-6-8-30-9-7-27/h2-5,10-13,15H,6-9,14H2,1H3,(H,26,28). The molecule has 0 unspecified atom stereocenters. The molecule has 1 aliphatic rings. The highest BCUT2D eigenvalue weighted by molar-refractivity contribution is 5.88. The number of aromatic nitrogens is 2. The van der Waals surface area contributed by atoms with Crippen LogP contribution >= 0.6 is 0 Å². The number of benzene rings is 2. The van der Waals surface area contributed by atoms with Gasteiger partial charge in [-0.25, -0.2) is 4.98 Å². The number of morpholine rings is 1. The van der Waals surface area contributed by atoms with Gasteiger partial charge in [0.15, 0.2) is 17.6 Å². The van der Waals surface area contributed by atoms with E-state index in [4.69, 9.17) is 13.9 Å².